The third-order valence-corrected chi connectivity index (χ3v) is 2.34. The van der Waals surface area contributed by atoms with Gasteiger partial charge in [-0.3, -0.25) is 0 Å². The van der Waals surface area contributed by atoms with E-state index in [0.29, 0.717) is 0 Å². The zero-order chi connectivity index (χ0) is 12.1. The molecule has 0 amide bonds. The first-order valence-corrected chi connectivity index (χ1v) is 5.28. The lowest BCUT2D eigenvalue weighted by Gasteiger charge is -1.93. The van der Waals surface area contributed by atoms with E-state index in [1.165, 1.54) is 12.1 Å². The molecule has 0 radical (unpaired) electrons. The van der Waals surface area contributed by atoms with E-state index in [1.807, 2.05) is 24.3 Å². The molecule has 0 bridgehead atoms. The number of hydrogen-bond acceptors (Lipinski definition) is 0. The highest BCUT2D eigenvalue weighted by molar-refractivity contribution is 5.50. The molecular weight excluding hydrogens is 211 g/mol. The van der Waals surface area contributed by atoms with E-state index in [2.05, 4.69) is 18.4 Å². The van der Waals surface area contributed by atoms with E-state index in [4.69, 9.17) is 0 Å². The Kier molecular flexibility index (Phi) is 3.37. The zero-order valence-electron chi connectivity index (χ0n) is 9.28. The molecule has 2 aromatic carbocycles. The molecule has 0 aliphatic rings. The number of hydrogen-bond donors (Lipinski definition) is 0. The van der Waals surface area contributed by atoms with Gasteiger partial charge in [0.05, 0.1) is 0 Å². The monoisotopic (exact) mass is 222 g/mol. The van der Waals surface area contributed by atoms with Crippen molar-refractivity contribution in [3.05, 3.63) is 77.6 Å². The van der Waals surface area contributed by atoms with Crippen molar-refractivity contribution in [3.63, 3.8) is 0 Å². The summed E-state index contributed by atoms with van der Waals surface area (Å²) in [6.45, 7) is 3.69. The van der Waals surface area contributed by atoms with Crippen LogP contribution in [-0.4, -0.2) is 0 Å². The molecule has 0 saturated carbocycles. The Morgan fingerprint density at radius 3 is 1.76 bits per heavy atom. The van der Waals surface area contributed by atoms with Crippen LogP contribution in [0.5, 0.6) is 0 Å². The molecule has 0 aliphatic heterocycles. The smallest absolute Gasteiger partial charge is 0.123 e. The van der Waals surface area contributed by atoms with E-state index in [1.54, 1.807) is 18.2 Å². The lowest BCUT2D eigenvalue weighted by atomic mass is 10.1. The quantitative estimate of drug-likeness (QED) is 0.642. The van der Waals surface area contributed by atoms with Crippen LogP contribution in [-0.2, 0) is 0 Å². The van der Waals surface area contributed by atoms with Crippen molar-refractivity contribution < 1.29 is 4.39 Å². The second-order valence-corrected chi connectivity index (χ2v) is 3.58. The van der Waals surface area contributed by atoms with Crippen molar-refractivity contribution in [1.82, 2.24) is 0 Å². The van der Waals surface area contributed by atoms with Gasteiger partial charge >= 0.3 is 0 Å². The molecule has 2 rings (SSSR count). The molecule has 0 heterocycles. The molecule has 0 aromatic heterocycles. The molecule has 0 nitrogen and oxygen atoms in total. The Hall–Kier alpha value is -2.33. The maximum absolute atomic E-state index is 12.7. The molecule has 1 heteroatoms. The van der Waals surface area contributed by atoms with Gasteiger partial charge in [0.2, 0.25) is 0 Å². The molecular formula is C16H11F. The first kappa shape index (κ1) is 11.2. The highest BCUT2D eigenvalue weighted by Crippen LogP contribution is 2.05. The van der Waals surface area contributed by atoms with Crippen LogP contribution in [0.2, 0.25) is 0 Å². The van der Waals surface area contributed by atoms with Crippen molar-refractivity contribution in [2.75, 3.05) is 0 Å². The van der Waals surface area contributed by atoms with Gasteiger partial charge in [-0.15, -0.1) is 0 Å². The summed E-state index contributed by atoms with van der Waals surface area (Å²) in [5.41, 5.74) is 2.80. The summed E-state index contributed by atoms with van der Waals surface area (Å²) in [5, 5.41) is 0. The standard InChI is InChI=1S/C16H11F/c1-2-13-3-5-14(6-4-13)7-8-15-9-11-16(17)12-10-15/h2-6,9-12H,1H2. The molecule has 0 spiro atoms. The zero-order valence-corrected chi connectivity index (χ0v) is 9.28. The molecule has 0 N–H and O–H groups in total. The van der Waals surface area contributed by atoms with Crippen LogP contribution in [0.25, 0.3) is 6.08 Å². The fourth-order valence-electron chi connectivity index (χ4n) is 1.38. The maximum Gasteiger partial charge on any atom is 0.123 e. The van der Waals surface area contributed by atoms with Gasteiger partial charge in [0, 0.05) is 11.1 Å². The highest BCUT2D eigenvalue weighted by Gasteiger charge is 1.90. The van der Waals surface area contributed by atoms with Gasteiger partial charge in [-0.2, -0.15) is 0 Å². The number of halogens is 1. The van der Waals surface area contributed by atoms with Gasteiger partial charge in [0.15, 0.2) is 0 Å². The van der Waals surface area contributed by atoms with Gasteiger partial charge in [0.25, 0.3) is 0 Å². The first-order valence-electron chi connectivity index (χ1n) is 5.28. The summed E-state index contributed by atoms with van der Waals surface area (Å²) in [4.78, 5) is 0. The van der Waals surface area contributed by atoms with Crippen molar-refractivity contribution in [3.8, 4) is 11.8 Å². The summed E-state index contributed by atoms with van der Waals surface area (Å²) >= 11 is 0. The topological polar surface area (TPSA) is 0 Å². The largest absolute Gasteiger partial charge is 0.207 e. The second-order valence-electron chi connectivity index (χ2n) is 3.58. The highest BCUT2D eigenvalue weighted by atomic mass is 19.1. The number of benzene rings is 2. The number of rotatable bonds is 1. The summed E-state index contributed by atoms with van der Waals surface area (Å²) in [5.74, 6) is 5.76. The van der Waals surface area contributed by atoms with Crippen LogP contribution < -0.4 is 0 Å². The predicted octanol–water partition coefficient (Wildman–Crippen LogP) is 3.87. The minimum Gasteiger partial charge on any atom is -0.207 e. The fourth-order valence-corrected chi connectivity index (χ4v) is 1.38. The van der Waals surface area contributed by atoms with Crippen molar-refractivity contribution >= 4 is 6.08 Å². The van der Waals surface area contributed by atoms with Gasteiger partial charge < -0.3 is 0 Å². The Labute approximate surface area is 100 Å². The lowest BCUT2D eigenvalue weighted by molar-refractivity contribution is 0.627. The van der Waals surface area contributed by atoms with Crippen molar-refractivity contribution in [1.29, 1.82) is 0 Å². The van der Waals surface area contributed by atoms with Gasteiger partial charge in [-0.1, -0.05) is 36.6 Å². The Morgan fingerprint density at radius 1 is 0.824 bits per heavy atom. The lowest BCUT2D eigenvalue weighted by Crippen LogP contribution is -1.78. The Morgan fingerprint density at radius 2 is 1.29 bits per heavy atom. The summed E-state index contributed by atoms with van der Waals surface area (Å²) in [6, 6.07) is 13.9. The SMILES string of the molecule is C=Cc1ccc(C#Cc2ccc(F)cc2)cc1. The van der Waals surface area contributed by atoms with Crippen LogP contribution >= 0.6 is 0 Å². The summed E-state index contributed by atoms with van der Waals surface area (Å²) in [6.07, 6.45) is 1.79. The molecule has 0 atom stereocenters. The minimum absolute atomic E-state index is 0.245. The van der Waals surface area contributed by atoms with Crippen molar-refractivity contribution in [2.45, 2.75) is 0 Å². The average Bonchev–Trinajstić information content (AvgIpc) is 2.39. The van der Waals surface area contributed by atoms with Gasteiger partial charge in [-0.05, 0) is 42.0 Å². The minimum atomic E-state index is -0.245. The molecule has 17 heavy (non-hydrogen) atoms. The molecule has 2 aromatic rings. The normalized spacial score (nSPS) is 9.24. The van der Waals surface area contributed by atoms with E-state index in [9.17, 15) is 4.39 Å². The Balaban J connectivity index is 2.20. The van der Waals surface area contributed by atoms with E-state index < -0.39 is 0 Å². The molecule has 0 saturated heterocycles. The second kappa shape index (κ2) is 5.14. The first-order chi connectivity index (χ1) is 8.28. The van der Waals surface area contributed by atoms with E-state index in [-0.39, 0.29) is 5.82 Å². The molecule has 82 valence electrons. The van der Waals surface area contributed by atoms with Crippen molar-refractivity contribution in [2.24, 2.45) is 0 Å². The summed E-state index contributed by atoms with van der Waals surface area (Å²) in [7, 11) is 0. The van der Waals surface area contributed by atoms with Crippen LogP contribution in [0.15, 0.2) is 55.1 Å². The van der Waals surface area contributed by atoms with Crippen LogP contribution in [0.4, 0.5) is 4.39 Å². The van der Waals surface area contributed by atoms with Gasteiger partial charge in [0.1, 0.15) is 5.82 Å². The van der Waals surface area contributed by atoms with Crippen LogP contribution in [0.3, 0.4) is 0 Å². The molecule has 0 fully saturated rings. The third kappa shape index (κ3) is 3.06. The molecule has 0 aliphatic carbocycles. The maximum atomic E-state index is 12.7. The van der Waals surface area contributed by atoms with Crippen LogP contribution in [0.1, 0.15) is 16.7 Å². The Bertz CT molecular complexity index is 566. The summed E-state index contributed by atoms with van der Waals surface area (Å²) < 4.78 is 12.7. The third-order valence-electron chi connectivity index (χ3n) is 2.34. The molecule has 0 unspecified atom stereocenters. The van der Waals surface area contributed by atoms with Gasteiger partial charge in [-0.25, -0.2) is 4.39 Å². The predicted molar refractivity (Wildman–Crippen MR) is 68.9 cm³/mol. The average molecular weight is 222 g/mol. The van der Waals surface area contributed by atoms with E-state index in [0.717, 1.165) is 16.7 Å². The fraction of sp³-hybridized carbons (Fsp3) is 0. The van der Waals surface area contributed by atoms with Crippen LogP contribution in [0, 0.1) is 17.7 Å². The van der Waals surface area contributed by atoms with E-state index >= 15 is 0 Å².